The van der Waals surface area contributed by atoms with E-state index in [4.69, 9.17) is 0 Å². The zero-order valence-corrected chi connectivity index (χ0v) is 42.5. The van der Waals surface area contributed by atoms with Gasteiger partial charge in [-0.15, -0.1) is 0 Å². The van der Waals surface area contributed by atoms with Gasteiger partial charge in [-0.1, -0.05) is 212 Å². The molecule has 0 aromatic heterocycles. The minimum Gasteiger partial charge on any atom is -0.310 e. The average molecular weight is 993 g/mol. The van der Waals surface area contributed by atoms with Crippen molar-refractivity contribution in [2.24, 2.45) is 0 Å². The normalized spacial score (nSPS) is 13.6. The summed E-state index contributed by atoms with van der Waals surface area (Å²) in [4.78, 5) is 21.1. The molecule has 12 aromatic carbocycles. The van der Waals surface area contributed by atoms with Crippen molar-refractivity contribution in [3.05, 3.63) is 347 Å². The summed E-state index contributed by atoms with van der Waals surface area (Å²) < 4.78 is 0. The molecule has 0 saturated heterocycles. The molecule has 0 N–H and O–H groups in total. The number of hydrogen-bond donors (Lipinski definition) is 0. The Morgan fingerprint density at radius 1 is 0.244 bits per heavy atom. The zero-order chi connectivity index (χ0) is 51.5. The Bertz CT molecular complexity index is 4140. The molecule has 4 aliphatic carbocycles. The van der Waals surface area contributed by atoms with Crippen LogP contribution in [0.15, 0.2) is 291 Å². The molecule has 0 unspecified atom stereocenters. The maximum atomic E-state index is 16.4. The predicted octanol–water partition coefficient (Wildman–Crippen LogP) is 18.5. The van der Waals surface area contributed by atoms with Crippen molar-refractivity contribution in [2.45, 2.75) is 10.8 Å². The summed E-state index contributed by atoms with van der Waals surface area (Å²) in [5.41, 5.74) is 25.0. The fourth-order valence-electron chi connectivity index (χ4n) is 14.3. The highest BCUT2D eigenvalue weighted by Gasteiger charge is 2.55. The summed E-state index contributed by atoms with van der Waals surface area (Å²) in [6.07, 6.45) is 0. The third-order valence-electron chi connectivity index (χ3n) is 17.2. The van der Waals surface area contributed by atoms with E-state index in [0.29, 0.717) is 5.56 Å². The molecule has 2 spiro atoms. The maximum Gasteiger partial charge on any atom is 0.193 e. The van der Waals surface area contributed by atoms with Gasteiger partial charge >= 0.3 is 0 Å². The van der Waals surface area contributed by atoms with Gasteiger partial charge < -0.3 is 9.80 Å². The van der Waals surface area contributed by atoms with Gasteiger partial charge in [0, 0.05) is 45.3 Å². The molecular weight excluding hydrogens is 945 g/mol. The van der Waals surface area contributed by atoms with Crippen LogP contribution in [0.5, 0.6) is 0 Å². The molecule has 0 bridgehead atoms. The van der Waals surface area contributed by atoms with E-state index in [1.807, 2.05) is 0 Å². The standard InChI is InChI=1S/C75H48N2O/c78-73(64-35-21-34-63-59-33-16-20-39-68(59)75(72(63)64)66-37-18-14-30-56(66)57-31-15-19-38-67(57)75)49-40-43-60-58-32-13-17-36-65(58)74(69(60)46-49)70-47-54(76(50-22-5-1-6-23-50)51-24-7-2-8-25-51)41-44-61(70)62-45-42-55(48-71(62)74)77(52-26-9-3-10-27-52)53-28-11-4-12-29-53/h1-48H. The molecule has 0 heterocycles. The van der Waals surface area contributed by atoms with E-state index < -0.39 is 10.8 Å². The number of carbonyl (C=O) groups excluding carboxylic acids is 1. The second kappa shape index (κ2) is 17.0. The summed E-state index contributed by atoms with van der Waals surface area (Å²) in [6.45, 7) is 0. The molecule has 364 valence electrons. The Morgan fingerprint density at radius 2 is 0.564 bits per heavy atom. The molecule has 12 aromatic rings. The van der Waals surface area contributed by atoms with Gasteiger partial charge in [0.15, 0.2) is 5.78 Å². The van der Waals surface area contributed by atoms with E-state index in [0.717, 1.165) is 61.9 Å². The lowest BCUT2D eigenvalue weighted by molar-refractivity contribution is 0.103. The van der Waals surface area contributed by atoms with Gasteiger partial charge in [-0.25, -0.2) is 0 Å². The van der Waals surface area contributed by atoms with Crippen molar-refractivity contribution in [1.29, 1.82) is 0 Å². The summed E-state index contributed by atoms with van der Waals surface area (Å²) in [5, 5.41) is 0. The van der Waals surface area contributed by atoms with Crippen molar-refractivity contribution in [3.63, 3.8) is 0 Å². The van der Waals surface area contributed by atoms with Crippen LogP contribution in [-0.4, -0.2) is 5.78 Å². The molecule has 0 aliphatic heterocycles. The van der Waals surface area contributed by atoms with Crippen molar-refractivity contribution < 1.29 is 4.79 Å². The number of fused-ring (bicyclic) bond motifs is 20. The second-order valence-electron chi connectivity index (χ2n) is 21.0. The monoisotopic (exact) mass is 992 g/mol. The second-order valence-corrected chi connectivity index (χ2v) is 21.0. The predicted molar refractivity (Wildman–Crippen MR) is 318 cm³/mol. The van der Waals surface area contributed by atoms with E-state index in [-0.39, 0.29) is 5.78 Å². The van der Waals surface area contributed by atoms with Crippen LogP contribution in [0.1, 0.15) is 60.4 Å². The molecule has 16 rings (SSSR count). The van der Waals surface area contributed by atoms with Gasteiger partial charge in [-0.05, 0) is 168 Å². The van der Waals surface area contributed by atoms with E-state index >= 15 is 4.79 Å². The molecule has 0 atom stereocenters. The van der Waals surface area contributed by atoms with Crippen LogP contribution in [-0.2, 0) is 10.8 Å². The summed E-state index contributed by atoms with van der Waals surface area (Å²) in [7, 11) is 0. The van der Waals surface area contributed by atoms with E-state index in [2.05, 4.69) is 301 Å². The Kier molecular flexibility index (Phi) is 9.62. The number of carbonyl (C=O) groups is 1. The van der Waals surface area contributed by atoms with Crippen LogP contribution in [0.3, 0.4) is 0 Å². The first kappa shape index (κ1) is 44.2. The van der Waals surface area contributed by atoms with E-state index in [9.17, 15) is 0 Å². The number of benzene rings is 12. The molecule has 0 radical (unpaired) electrons. The molecule has 3 nitrogen and oxygen atoms in total. The number of para-hydroxylation sites is 4. The van der Waals surface area contributed by atoms with Gasteiger partial charge in [-0.3, -0.25) is 4.79 Å². The lowest BCUT2D eigenvalue weighted by Gasteiger charge is -2.33. The van der Waals surface area contributed by atoms with Crippen molar-refractivity contribution in [2.75, 3.05) is 9.80 Å². The fourth-order valence-corrected chi connectivity index (χ4v) is 14.3. The van der Waals surface area contributed by atoms with Crippen LogP contribution >= 0.6 is 0 Å². The van der Waals surface area contributed by atoms with E-state index in [1.54, 1.807) is 0 Å². The lowest BCUT2D eigenvalue weighted by Crippen LogP contribution is -2.28. The largest absolute Gasteiger partial charge is 0.310 e. The number of nitrogens with zero attached hydrogens (tertiary/aromatic N) is 2. The number of anilines is 6. The Morgan fingerprint density at radius 3 is 0.987 bits per heavy atom. The molecule has 78 heavy (non-hydrogen) atoms. The maximum absolute atomic E-state index is 16.4. The van der Waals surface area contributed by atoms with Gasteiger partial charge in [-0.2, -0.15) is 0 Å². The molecule has 0 saturated carbocycles. The quantitative estimate of drug-likeness (QED) is 0.142. The van der Waals surface area contributed by atoms with Crippen LogP contribution in [0.25, 0.3) is 44.5 Å². The molecular formula is C75H48N2O. The van der Waals surface area contributed by atoms with Crippen molar-refractivity contribution >= 4 is 39.9 Å². The third-order valence-corrected chi connectivity index (χ3v) is 17.2. The molecule has 4 aliphatic rings. The Labute approximate surface area is 454 Å². The van der Waals surface area contributed by atoms with Crippen LogP contribution < -0.4 is 9.80 Å². The summed E-state index contributed by atoms with van der Waals surface area (Å²) in [5.74, 6) is 0.00871. The highest BCUT2D eigenvalue weighted by atomic mass is 16.1. The summed E-state index contributed by atoms with van der Waals surface area (Å²) >= 11 is 0. The summed E-state index contributed by atoms with van der Waals surface area (Å²) in [6, 6.07) is 105. The zero-order valence-electron chi connectivity index (χ0n) is 42.5. The Balaban J connectivity index is 0.955. The lowest BCUT2D eigenvalue weighted by atomic mass is 9.68. The first-order chi connectivity index (χ1) is 38.6. The fraction of sp³-hybridized carbons (Fsp3) is 0.0267. The van der Waals surface area contributed by atoms with Gasteiger partial charge in [0.05, 0.1) is 10.8 Å². The topological polar surface area (TPSA) is 23.6 Å². The minimum absolute atomic E-state index is 0.00871. The SMILES string of the molecule is O=C(c1ccc2c(c1)C1(c3ccccc3-2)c2cc(N(c3ccccc3)c3ccccc3)ccc2-c2ccc(N(c3ccccc3)c3ccccc3)cc21)c1cccc2c1C1(c3ccccc3-c3ccccc31)c1ccccc1-2. The minimum atomic E-state index is -0.823. The number of rotatable bonds is 8. The molecule has 0 fully saturated rings. The van der Waals surface area contributed by atoms with Gasteiger partial charge in [0.2, 0.25) is 0 Å². The molecule has 3 heteroatoms. The average Bonchev–Trinajstić information content (AvgIpc) is 3.10. The first-order valence-electron chi connectivity index (χ1n) is 27.0. The highest BCUT2D eigenvalue weighted by Crippen LogP contribution is 2.66. The Hall–Kier alpha value is -10.1. The van der Waals surface area contributed by atoms with Crippen LogP contribution in [0.2, 0.25) is 0 Å². The first-order valence-corrected chi connectivity index (χ1v) is 27.0. The van der Waals surface area contributed by atoms with Crippen molar-refractivity contribution in [3.8, 4) is 44.5 Å². The van der Waals surface area contributed by atoms with Gasteiger partial charge in [0.1, 0.15) is 0 Å². The van der Waals surface area contributed by atoms with Crippen LogP contribution in [0, 0.1) is 0 Å². The number of hydrogen-bond acceptors (Lipinski definition) is 3. The van der Waals surface area contributed by atoms with Gasteiger partial charge in [0.25, 0.3) is 0 Å². The van der Waals surface area contributed by atoms with E-state index in [1.165, 1.54) is 66.8 Å². The smallest absolute Gasteiger partial charge is 0.193 e. The molecule has 0 amide bonds. The highest BCUT2D eigenvalue weighted by molar-refractivity contribution is 6.14. The van der Waals surface area contributed by atoms with Crippen LogP contribution in [0.4, 0.5) is 34.1 Å². The van der Waals surface area contributed by atoms with Crippen molar-refractivity contribution in [1.82, 2.24) is 0 Å². The number of ketones is 1. The third kappa shape index (κ3) is 6.01.